The summed E-state index contributed by atoms with van der Waals surface area (Å²) in [4.78, 5) is 24.3. The van der Waals surface area contributed by atoms with Crippen LogP contribution in [0.2, 0.25) is 0 Å². The maximum absolute atomic E-state index is 12.2. The summed E-state index contributed by atoms with van der Waals surface area (Å²) in [7, 11) is 0. The Hall–Kier alpha value is -1.88. The lowest BCUT2D eigenvalue weighted by molar-refractivity contribution is -0.122. The largest absolute Gasteiger partial charge is 0.356 e. The lowest BCUT2D eigenvalue weighted by atomic mass is 9.95. The number of rotatable bonds is 6. The zero-order valence-corrected chi connectivity index (χ0v) is 14.3. The molecule has 5 nitrogen and oxygen atoms in total. The SMILES string of the molecule is CCc1ccc2c(c1)C(CCNC(=O)C[C@@H]1CCC[C@H]1N)C(=O)N2. The number of amides is 2. The fraction of sp³-hybridized carbons (Fsp3) is 0.579. The number of hydrogen-bond acceptors (Lipinski definition) is 3. The summed E-state index contributed by atoms with van der Waals surface area (Å²) in [5.41, 5.74) is 9.22. The second kappa shape index (κ2) is 7.34. The van der Waals surface area contributed by atoms with E-state index in [9.17, 15) is 9.59 Å². The van der Waals surface area contributed by atoms with E-state index < -0.39 is 0 Å². The third-order valence-electron chi connectivity index (χ3n) is 5.39. The summed E-state index contributed by atoms with van der Waals surface area (Å²) in [6.07, 6.45) is 5.29. The third kappa shape index (κ3) is 3.61. The van der Waals surface area contributed by atoms with E-state index in [0.29, 0.717) is 25.3 Å². The molecule has 2 amide bonds. The highest BCUT2D eigenvalue weighted by atomic mass is 16.2. The Morgan fingerprint density at radius 1 is 1.38 bits per heavy atom. The maximum atomic E-state index is 12.2. The van der Waals surface area contributed by atoms with E-state index >= 15 is 0 Å². The molecule has 1 aromatic carbocycles. The van der Waals surface area contributed by atoms with Crippen molar-refractivity contribution in [2.75, 3.05) is 11.9 Å². The lowest BCUT2D eigenvalue weighted by Gasteiger charge is -2.15. The van der Waals surface area contributed by atoms with Crippen molar-refractivity contribution in [3.8, 4) is 0 Å². The van der Waals surface area contributed by atoms with Gasteiger partial charge in [-0.05, 0) is 48.8 Å². The Bertz CT molecular complexity index is 629. The molecule has 1 heterocycles. The minimum atomic E-state index is -0.166. The van der Waals surface area contributed by atoms with Crippen LogP contribution in [0.25, 0.3) is 0 Å². The van der Waals surface area contributed by atoms with Crippen LogP contribution in [0.15, 0.2) is 18.2 Å². The summed E-state index contributed by atoms with van der Waals surface area (Å²) < 4.78 is 0. The number of nitrogens with one attached hydrogen (secondary N) is 2. The molecule has 1 saturated carbocycles. The predicted molar refractivity (Wildman–Crippen MR) is 94.8 cm³/mol. The molecule has 24 heavy (non-hydrogen) atoms. The summed E-state index contributed by atoms with van der Waals surface area (Å²) in [5, 5.41) is 5.90. The van der Waals surface area contributed by atoms with Crippen LogP contribution in [-0.4, -0.2) is 24.4 Å². The molecule has 1 unspecified atom stereocenters. The van der Waals surface area contributed by atoms with Gasteiger partial charge >= 0.3 is 0 Å². The van der Waals surface area contributed by atoms with Crippen molar-refractivity contribution in [2.45, 2.75) is 57.4 Å². The minimum absolute atomic E-state index is 0.0327. The van der Waals surface area contributed by atoms with Gasteiger partial charge < -0.3 is 16.4 Å². The first-order chi connectivity index (χ1) is 11.6. The molecule has 1 aliphatic carbocycles. The van der Waals surface area contributed by atoms with Crippen LogP contribution in [0.3, 0.4) is 0 Å². The maximum Gasteiger partial charge on any atom is 0.232 e. The molecule has 5 heteroatoms. The quantitative estimate of drug-likeness (QED) is 0.749. The van der Waals surface area contributed by atoms with Gasteiger partial charge in [0.15, 0.2) is 0 Å². The molecule has 0 spiro atoms. The highest BCUT2D eigenvalue weighted by Crippen LogP contribution is 2.35. The zero-order valence-electron chi connectivity index (χ0n) is 14.3. The first-order valence-electron chi connectivity index (χ1n) is 9.04. The summed E-state index contributed by atoms with van der Waals surface area (Å²) >= 11 is 0. The van der Waals surface area contributed by atoms with Gasteiger partial charge in [-0.2, -0.15) is 0 Å². The Morgan fingerprint density at radius 3 is 2.92 bits per heavy atom. The van der Waals surface area contributed by atoms with E-state index in [2.05, 4.69) is 23.6 Å². The molecule has 1 fully saturated rings. The Labute approximate surface area is 143 Å². The molecular weight excluding hydrogens is 302 g/mol. The van der Waals surface area contributed by atoms with Crippen molar-refractivity contribution in [3.05, 3.63) is 29.3 Å². The summed E-state index contributed by atoms with van der Waals surface area (Å²) in [5.74, 6) is 0.233. The van der Waals surface area contributed by atoms with Crippen molar-refractivity contribution in [1.82, 2.24) is 5.32 Å². The number of carbonyl (C=O) groups excluding carboxylic acids is 2. The van der Waals surface area contributed by atoms with Crippen molar-refractivity contribution >= 4 is 17.5 Å². The third-order valence-corrected chi connectivity index (χ3v) is 5.39. The van der Waals surface area contributed by atoms with Crippen LogP contribution in [0.5, 0.6) is 0 Å². The first kappa shape index (κ1) is 17.0. The van der Waals surface area contributed by atoms with Gasteiger partial charge in [0, 0.05) is 24.7 Å². The van der Waals surface area contributed by atoms with Gasteiger partial charge in [0.25, 0.3) is 0 Å². The number of carbonyl (C=O) groups is 2. The summed E-state index contributed by atoms with van der Waals surface area (Å²) in [6, 6.07) is 6.30. The number of anilines is 1. The summed E-state index contributed by atoms with van der Waals surface area (Å²) in [6.45, 7) is 2.63. The molecule has 0 radical (unpaired) electrons. The van der Waals surface area contributed by atoms with E-state index in [1.165, 1.54) is 5.56 Å². The van der Waals surface area contributed by atoms with Crippen LogP contribution in [-0.2, 0) is 16.0 Å². The molecule has 130 valence electrons. The van der Waals surface area contributed by atoms with Gasteiger partial charge in [-0.3, -0.25) is 9.59 Å². The van der Waals surface area contributed by atoms with Crippen LogP contribution in [0.4, 0.5) is 5.69 Å². The molecule has 3 rings (SSSR count). The Morgan fingerprint density at radius 2 is 2.21 bits per heavy atom. The Kier molecular flexibility index (Phi) is 5.19. The number of nitrogens with two attached hydrogens (primary N) is 1. The van der Waals surface area contributed by atoms with E-state index in [1.807, 2.05) is 12.1 Å². The van der Waals surface area contributed by atoms with E-state index in [1.54, 1.807) is 0 Å². The number of aryl methyl sites for hydroxylation is 1. The molecule has 0 aromatic heterocycles. The van der Waals surface area contributed by atoms with Crippen LogP contribution >= 0.6 is 0 Å². The van der Waals surface area contributed by atoms with Crippen LogP contribution < -0.4 is 16.4 Å². The fourth-order valence-corrected chi connectivity index (χ4v) is 3.87. The molecule has 4 N–H and O–H groups in total. The van der Waals surface area contributed by atoms with Gasteiger partial charge in [0.05, 0.1) is 5.92 Å². The van der Waals surface area contributed by atoms with Crippen molar-refractivity contribution in [3.63, 3.8) is 0 Å². The number of benzene rings is 1. The van der Waals surface area contributed by atoms with Gasteiger partial charge in [0.2, 0.25) is 11.8 Å². The monoisotopic (exact) mass is 329 g/mol. The van der Waals surface area contributed by atoms with Gasteiger partial charge in [-0.1, -0.05) is 25.5 Å². The highest BCUT2D eigenvalue weighted by molar-refractivity contribution is 6.02. The van der Waals surface area contributed by atoms with E-state index in [0.717, 1.165) is 36.9 Å². The van der Waals surface area contributed by atoms with Crippen molar-refractivity contribution < 1.29 is 9.59 Å². The second-order valence-electron chi connectivity index (χ2n) is 7.01. The smallest absolute Gasteiger partial charge is 0.232 e. The average Bonchev–Trinajstić information content (AvgIpc) is 3.10. The molecule has 0 bridgehead atoms. The van der Waals surface area contributed by atoms with Gasteiger partial charge in [0.1, 0.15) is 0 Å². The van der Waals surface area contributed by atoms with Crippen LogP contribution in [0.1, 0.15) is 56.1 Å². The van der Waals surface area contributed by atoms with Gasteiger partial charge in [-0.15, -0.1) is 0 Å². The average molecular weight is 329 g/mol. The molecule has 1 aliphatic heterocycles. The zero-order chi connectivity index (χ0) is 17.1. The normalized spacial score (nSPS) is 25.4. The lowest BCUT2D eigenvalue weighted by Crippen LogP contribution is -2.32. The predicted octanol–water partition coefficient (Wildman–Crippen LogP) is 2.31. The second-order valence-corrected chi connectivity index (χ2v) is 7.01. The molecular formula is C19H27N3O2. The Balaban J connectivity index is 1.52. The standard InChI is InChI=1S/C19H27N3O2/c1-2-12-6-7-17-15(10-12)14(19(24)22-17)8-9-21-18(23)11-13-4-3-5-16(13)20/h6-7,10,13-14,16H,2-5,8-9,11,20H2,1H3,(H,21,23)(H,22,24)/t13-,14?,16+/m0/s1. The topological polar surface area (TPSA) is 84.2 Å². The number of hydrogen-bond donors (Lipinski definition) is 3. The first-order valence-corrected chi connectivity index (χ1v) is 9.04. The minimum Gasteiger partial charge on any atom is -0.356 e. The molecule has 2 aliphatic rings. The molecule has 3 atom stereocenters. The fourth-order valence-electron chi connectivity index (χ4n) is 3.87. The van der Waals surface area contributed by atoms with Crippen molar-refractivity contribution in [2.24, 2.45) is 11.7 Å². The van der Waals surface area contributed by atoms with Crippen LogP contribution in [0, 0.1) is 5.92 Å². The molecule has 0 saturated heterocycles. The van der Waals surface area contributed by atoms with Gasteiger partial charge in [-0.25, -0.2) is 0 Å². The highest BCUT2D eigenvalue weighted by Gasteiger charge is 2.30. The van der Waals surface area contributed by atoms with E-state index in [4.69, 9.17) is 5.73 Å². The molecule has 1 aromatic rings. The van der Waals surface area contributed by atoms with E-state index in [-0.39, 0.29) is 23.8 Å². The van der Waals surface area contributed by atoms with Crippen molar-refractivity contribution in [1.29, 1.82) is 0 Å². The number of fused-ring (bicyclic) bond motifs is 1.